The molecule has 5 atom stereocenters. The zero-order valence-electron chi connectivity index (χ0n) is 42.6. The van der Waals surface area contributed by atoms with Crippen molar-refractivity contribution < 1.29 is 28.7 Å². The molecule has 2 fully saturated rings. The van der Waals surface area contributed by atoms with E-state index in [9.17, 15) is 19.2 Å². The number of fused-ring (bicyclic) bond motifs is 3. The van der Waals surface area contributed by atoms with Gasteiger partial charge in [0.1, 0.15) is 18.7 Å². The Labute approximate surface area is 405 Å². The smallest absolute Gasteiger partial charge is 0.407 e. The lowest BCUT2D eigenvalue weighted by Gasteiger charge is -2.26. The second kappa shape index (κ2) is 26.5. The van der Waals surface area contributed by atoms with Crippen LogP contribution in [0.1, 0.15) is 146 Å². The monoisotopic (exact) mass is 935 g/mol. The number of benzene rings is 2. The zero-order valence-corrected chi connectivity index (χ0v) is 42.6. The van der Waals surface area contributed by atoms with E-state index in [1.54, 1.807) is 11.2 Å². The summed E-state index contributed by atoms with van der Waals surface area (Å²) in [5.41, 5.74) is 10.3. The molecule has 4 aliphatic rings. The molecule has 0 saturated carbocycles. The largest absolute Gasteiger partial charge is 0.453 e. The molecule has 2 aliphatic carbocycles. The van der Waals surface area contributed by atoms with E-state index in [1.165, 1.54) is 66.9 Å². The third-order valence-corrected chi connectivity index (χ3v) is 12.5. The highest BCUT2D eigenvalue weighted by Gasteiger charge is 2.41. The lowest BCUT2D eigenvalue weighted by atomic mass is 9.78. The molecule has 8 rings (SSSR count). The second-order valence-electron chi connectivity index (χ2n) is 18.7. The van der Waals surface area contributed by atoms with Crippen LogP contribution in [-0.2, 0) is 24.5 Å². The lowest BCUT2D eigenvalue weighted by Crippen LogP contribution is -2.39. The van der Waals surface area contributed by atoms with E-state index in [2.05, 4.69) is 142 Å². The number of H-pyrrole nitrogens is 2. The topological polar surface area (TPSA) is 175 Å². The zero-order chi connectivity index (χ0) is 50.0. The van der Waals surface area contributed by atoms with Gasteiger partial charge in [0.15, 0.2) is 0 Å². The minimum absolute atomic E-state index is 0.0344. The fraction of sp³-hybridized carbons (Fsp3) is 0.519. The first-order valence-electron chi connectivity index (χ1n) is 24.4. The van der Waals surface area contributed by atoms with Crippen molar-refractivity contribution in [1.29, 1.82) is 0 Å². The number of nitrogens with one attached hydrogen (secondary N) is 4. The summed E-state index contributed by atoms with van der Waals surface area (Å²) >= 11 is 0. The van der Waals surface area contributed by atoms with Gasteiger partial charge in [-0.25, -0.2) is 19.6 Å². The molecular formula is C54H78N8O6. The van der Waals surface area contributed by atoms with Gasteiger partial charge in [-0.1, -0.05) is 123 Å². The van der Waals surface area contributed by atoms with Crippen LogP contribution in [0.3, 0.4) is 0 Å². The number of hydrogen-bond donors (Lipinski definition) is 4. The Morgan fingerprint density at radius 1 is 0.912 bits per heavy atom. The van der Waals surface area contributed by atoms with Crippen LogP contribution in [0.2, 0.25) is 0 Å². The minimum Gasteiger partial charge on any atom is -0.453 e. The molecule has 14 heteroatoms. The van der Waals surface area contributed by atoms with E-state index in [0.717, 1.165) is 49.7 Å². The highest BCUT2D eigenvalue weighted by atomic mass is 16.5. The predicted molar refractivity (Wildman–Crippen MR) is 271 cm³/mol. The Hall–Kier alpha value is -6.02. The summed E-state index contributed by atoms with van der Waals surface area (Å²) in [7, 11) is 4.73. The van der Waals surface area contributed by atoms with E-state index >= 15 is 0 Å². The molecule has 0 spiro atoms. The van der Waals surface area contributed by atoms with Gasteiger partial charge in [-0.2, -0.15) is 0 Å². The van der Waals surface area contributed by atoms with E-state index < -0.39 is 18.2 Å². The number of aromatic nitrogens is 4. The van der Waals surface area contributed by atoms with Gasteiger partial charge in [0.05, 0.1) is 56.4 Å². The van der Waals surface area contributed by atoms with Crippen molar-refractivity contribution in [2.24, 2.45) is 11.8 Å². The first-order valence-corrected chi connectivity index (χ1v) is 24.4. The van der Waals surface area contributed by atoms with Crippen LogP contribution in [0, 0.1) is 11.8 Å². The number of carbonyl (C=O) groups excluding carboxylic acids is 4. The molecule has 370 valence electrons. The van der Waals surface area contributed by atoms with E-state index in [1.807, 2.05) is 40.1 Å². The number of imidazole rings is 2. The summed E-state index contributed by atoms with van der Waals surface area (Å²) in [5.74, 6) is 2.15. The first kappa shape index (κ1) is 54.6. The number of carbonyl (C=O) groups is 4. The fourth-order valence-electron chi connectivity index (χ4n) is 8.78. The van der Waals surface area contributed by atoms with Crippen molar-refractivity contribution in [2.75, 3.05) is 47.4 Å². The lowest BCUT2D eigenvalue weighted by molar-refractivity contribution is -0.129. The molecule has 2 aromatic carbocycles. The third-order valence-electron chi connectivity index (χ3n) is 12.5. The third kappa shape index (κ3) is 14.5. The SMILES string of the molecule is CC.CCC.CN1CCCC1c1ncc(-c2ccc3c(c2)C(c2ccc(C(C)(C)C)cc2)C2C=CC(c4cnc[nH]4)=CC32)[nH]1.COC(=O)NC(C=O)C(C)C.COC(=O)NCC(=O)N1CCCC1. The van der Waals surface area contributed by atoms with Crippen molar-refractivity contribution in [3.05, 3.63) is 113 Å². The number of methoxy groups -OCH3 is 2. The van der Waals surface area contributed by atoms with Crippen LogP contribution in [0.25, 0.3) is 16.8 Å². The second-order valence-corrected chi connectivity index (χ2v) is 18.7. The molecule has 0 radical (unpaired) electrons. The van der Waals surface area contributed by atoms with E-state index in [-0.39, 0.29) is 23.8 Å². The number of alkyl carbamates (subject to hydrolysis) is 2. The summed E-state index contributed by atoms with van der Waals surface area (Å²) in [6.07, 6.45) is 18.2. The van der Waals surface area contributed by atoms with Crippen LogP contribution in [0.5, 0.6) is 0 Å². The van der Waals surface area contributed by atoms with Crippen LogP contribution >= 0.6 is 0 Å². The Bertz CT molecular complexity index is 2250. The quantitative estimate of drug-likeness (QED) is 0.119. The molecule has 4 N–H and O–H groups in total. The van der Waals surface area contributed by atoms with Crippen LogP contribution in [-0.4, -0.2) is 108 Å². The van der Waals surface area contributed by atoms with Gasteiger partial charge in [-0.15, -0.1) is 0 Å². The maximum atomic E-state index is 11.3. The minimum atomic E-state index is -0.573. The summed E-state index contributed by atoms with van der Waals surface area (Å²) in [6, 6.07) is 16.3. The maximum absolute atomic E-state index is 11.3. The van der Waals surface area contributed by atoms with Gasteiger partial charge in [-0.3, -0.25) is 9.69 Å². The average Bonchev–Trinajstić information content (AvgIpc) is 4.21. The molecule has 4 heterocycles. The molecular weight excluding hydrogens is 857 g/mol. The number of nitrogens with zero attached hydrogens (tertiary/aromatic N) is 4. The Kier molecular flexibility index (Phi) is 21.3. The first-order chi connectivity index (χ1) is 32.6. The molecule has 14 nitrogen and oxygen atoms in total. The van der Waals surface area contributed by atoms with E-state index in [0.29, 0.717) is 30.1 Å². The van der Waals surface area contributed by atoms with E-state index in [4.69, 9.17) is 4.98 Å². The number of aromatic amines is 2. The highest BCUT2D eigenvalue weighted by molar-refractivity contribution is 5.82. The van der Waals surface area contributed by atoms with Crippen molar-refractivity contribution in [3.8, 4) is 11.3 Å². The number of hydrogen-bond acceptors (Lipinski definition) is 9. The number of ether oxygens (including phenoxy) is 2. The number of aldehydes is 1. The Morgan fingerprint density at radius 3 is 2.15 bits per heavy atom. The normalized spacial score (nSPS) is 19.4. The van der Waals surface area contributed by atoms with Gasteiger partial charge in [-0.05, 0) is 96.0 Å². The van der Waals surface area contributed by atoms with Gasteiger partial charge in [0.2, 0.25) is 5.91 Å². The summed E-state index contributed by atoms with van der Waals surface area (Å²) in [5, 5.41) is 4.74. The molecule has 0 bridgehead atoms. The summed E-state index contributed by atoms with van der Waals surface area (Å²) in [6.45, 7) is 21.6. The average molecular weight is 935 g/mol. The standard InChI is InChI=1S/C34H37N5.C8H14N2O3.C7H13NO3.C3H8.C2H6/c1-34(2,3)24-11-7-21(8-12-24)32-26-14-10-22(29-18-35-20-37-29)16-27(26)25-13-9-23(17-28(25)32)30-19-36-33(38-30)31-6-5-15-39(31)4;1-13-8(12)9-6-7(11)10-4-2-3-5-10;1-5(2)6(4-9)8-7(10)11-3;1-3-2;1-2/h7-14,16-20,26-27,31-32H,5-6,15H2,1-4H3,(H,35,37)(H,36,38);2-6H2,1H3,(H,9,12);4-6H,1-3H3,(H,8,10);3H2,1-2H3;1-2H3. The van der Waals surface area contributed by atoms with Crippen molar-refractivity contribution in [2.45, 2.75) is 124 Å². The van der Waals surface area contributed by atoms with Crippen molar-refractivity contribution in [1.82, 2.24) is 40.4 Å². The molecule has 5 unspecified atom stereocenters. The molecule has 2 aliphatic heterocycles. The molecule has 4 aromatic rings. The molecule has 2 aromatic heterocycles. The Morgan fingerprint density at radius 2 is 1.59 bits per heavy atom. The predicted octanol–water partition coefficient (Wildman–Crippen LogP) is 10.3. The summed E-state index contributed by atoms with van der Waals surface area (Å²) in [4.78, 5) is 63.0. The highest BCUT2D eigenvalue weighted by Crippen LogP contribution is 2.54. The van der Waals surface area contributed by atoms with Gasteiger partial charge < -0.3 is 39.8 Å². The van der Waals surface area contributed by atoms with Gasteiger partial charge >= 0.3 is 12.2 Å². The van der Waals surface area contributed by atoms with Crippen LogP contribution in [0.15, 0.2) is 79.4 Å². The van der Waals surface area contributed by atoms with Crippen LogP contribution < -0.4 is 10.6 Å². The van der Waals surface area contributed by atoms with Crippen molar-refractivity contribution >= 4 is 30.0 Å². The number of allylic oxidation sites excluding steroid dienone is 4. The number of rotatable bonds is 9. The van der Waals surface area contributed by atoms with Crippen molar-refractivity contribution in [3.63, 3.8) is 0 Å². The number of amides is 3. The maximum Gasteiger partial charge on any atom is 0.407 e. The van der Waals surface area contributed by atoms with Gasteiger partial charge in [0, 0.05) is 24.9 Å². The summed E-state index contributed by atoms with van der Waals surface area (Å²) < 4.78 is 8.67. The molecule has 3 amide bonds. The van der Waals surface area contributed by atoms with Crippen LogP contribution in [0.4, 0.5) is 9.59 Å². The number of likely N-dealkylation sites (tertiary alicyclic amines) is 2. The molecule has 2 saturated heterocycles. The van der Waals surface area contributed by atoms with Gasteiger partial charge in [0.25, 0.3) is 0 Å². The fourth-order valence-corrected chi connectivity index (χ4v) is 8.78. The molecule has 68 heavy (non-hydrogen) atoms. The Balaban J connectivity index is 0.000000285.